The van der Waals surface area contributed by atoms with Crippen molar-refractivity contribution >= 4 is 5.97 Å². The third kappa shape index (κ3) is 1.17. The highest BCUT2D eigenvalue weighted by Crippen LogP contribution is 2.51. The molecule has 2 aliphatic carbocycles. The summed E-state index contributed by atoms with van der Waals surface area (Å²) in [5.41, 5.74) is 3.63. The Balaban J connectivity index is 2.00. The van der Waals surface area contributed by atoms with E-state index in [1.807, 2.05) is 0 Å². The molecule has 0 bridgehead atoms. The fourth-order valence-corrected chi connectivity index (χ4v) is 1.54. The number of rotatable bonds is 2. The van der Waals surface area contributed by atoms with Gasteiger partial charge in [-0.3, -0.25) is 0 Å². The van der Waals surface area contributed by atoms with E-state index in [0.29, 0.717) is 11.5 Å². The van der Waals surface area contributed by atoms with Gasteiger partial charge in [0, 0.05) is 11.5 Å². The van der Waals surface area contributed by atoms with Crippen molar-refractivity contribution in [3.05, 3.63) is 23.3 Å². The van der Waals surface area contributed by atoms with E-state index in [4.69, 9.17) is 0 Å². The summed E-state index contributed by atoms with van der Waals surface area (Å²) < 4.78 is 4.60. The summed E-state index contributed by atoms with van der Waals surface area (Å²) in [7, 11) is 1.40. The molecule has 1 unspecified atom stereocenters. The molecule has 1 atom stereocenters. The highest BCUT2D eigenvalue weighted by molar-refractivity contribution is 5.90. The highest BCUT2D eigenvalue weighted by Gasteiger charge is 2.40. The number of hydrogen-bond donors (Lipinski definition) is 0. The van der Waals surface area contributed by atoms with Crippen LogP contribution in [0.5, 0.6) is 0 Å². The fourth-order valence-electron chi connectivity index (χ4n) is 1.54. The molecule has 2 aliphatic rings. The van der Waals surface area contributed by atoms with Crippen molar-refractivity contribution in [2.75, 3.05) is 7.11 Å². The van der Waals surface area contributed by atoms with Crippen molar-refractivity contribution in [2.24, 2.45) is 5.92 Å². The molecule has 2 fully saturated rings. The van der Waals surface area contributed by atoms with Gasteiger partial charge in [-0.15, -0.1) is 0 Å². The van der Waals surface area contributed by atoms with E-state index in [-0.39, 0.29) is 5.97 Å². The Morgan fingerprint density at radius 3 is 2.75 bits per heavy atom. The molecule has 64 valence electrons. The Morgan fingerprint density at radius 2 is 2.25 bits per heavy atom. The summed E-state index contributed by atoms with van der Waals surface area (Å²) in [6, 6.07) is 0. The van der Waals surface area contributed by atoms with Gasteiger partial charge in [0.05, 0.1) is 7.11 Å². The summed E-state index contributed by atoms with van der Waals surface area (Å²) in [6.45, 7) is 3.74. The van der Waals surface area contributed by atoms with Gasteiger partial charge >= 0.3 is 5.97 Å². The Labute approximate surface area is 71.9 Å². The minimum atomic E-state index is -0.253. The minimum Gasteiger partial charge on any atom is -0.466 e. The number of esters is 1. The van der Waals surface area contributed by atoms with Gasteiger partial charge in [0.1, 0.15) is 0 Å². The Kier molecular flexibility index (Phi) is 1.56. The Hall–Kier alpha value is -1.05. The van der Waals surface area contributed by atoms with Crippen molar-refractivity contribution in [2.45, 2.75) is 19.3 Å². The van der Waals surface area contributed by atoms with Gasteiger partial charge in [0.2, 0.25) is 0 Å². The lowest BCUT2D eigenvalue weighted by Crippen LogP contribution is -2.04. The normalized spacial score (nSPS) is 25.2. The molecule has 0 spiro atoms. The molecule has 0 aromatic rings. The molecule has 0 aliphatic heterocycles. The monoisotopic (exact) mass is 164 g/mol. The second-order valence-corrected chi connectivity index (χ2v) is 3.40. The molecule has 2 nitrogen and oxygen atoms in total. The number of ether oxygens (including phenoxy) is 1. The summed E-state index contributed by atoms with van der Waals surface area (Å²) in [6.07, 6.45) is 3.52. The van der Waals surface area contributed by atoms with Gasteiger partial charge in [-0.25, -0.2) is 4.79 Å². The maximum atomic E-state index is 11.0. The van der Waals surface area contributed by atoms with Crippen LogP contribution in [0.3, 0.4) is 0 Å². The molecule has 0 aromatic carbocycles. The number of hydrogen-bond acceptors (Lipinski definition) is 2. The van der Waals surface area contributed by atoms with E-state index in [2.05, 4.69) is 11.3 Å². The van der Waals surface area contributed by atoms with E-state index in [9.17, 15) is 4.79 Å². The lowest BCUT2D eigenvalue weighted by Gasteiger charge is -1.98. The maximum Gasteiger partial charge on any atom is 0.333 e. The first kappa shape index (κ1) is 7.59. The van der Waals surface area contributed by atoms with Crippen LogP contribution in [0.15, 0.2) is 23.3 Å². The number of carbonyl (C=O) groups excluding carboxylic acids is 1. The molecule has 0 saturated heterocycles. The van der Waals surface area contributed by atoms with Gasteiger partial charge in [-0.2, -0.15) is 0 Å². The molecule has 0 N–H and O–H groups in total. The van der Waals surface area contributed by atoms with Crippen LogP contribution in [0.2, 0.25) is 0 Å². The molecule has 0 amide bonds. The van der Waals surface area contributed by atoms with Gasteiger partial charge in [0.25, 0.3) is 0 Å². The molecule has 0 radical (unpaired) electrons. The second kappa shape index (κ2) is 2.47. The SMILES string of the molecule is C=C(C(=O)OC)C1CC1=C1CC1. The molecule has 12 heavy (non-hydrogen) atoms. The smallest absolute Gasteiger partial charge is 0.333 e. The van der Waals surface area contributed by atoms with Crippen LogP contribution >= 0.6 is 0 Å². The van der Waals surface area contributed by atoms with Crippen LogP contribution < -0.4 is 0 Å². The Bertz CT molecular complexity index is 280. The average molecular weight is 164 g/mol. The van der Waals surface area contributed by atoms with E-state index in [1.54, 1.807) is 5.57 Å². The zero-order valence-electron chi connectivity index (χ0n) is 7.22. The van der Waals surface area contributed by atoms with Crippen molar-refractivity contribution in [3.63, 3.8) is 0 Å². The van der Waals surface area contributed by atoms with Crippen molar-refractivity contribution < 1.29 is 9.53 Å². The number of carbonyl (C=O) groups is 1. The third-order valence-electron chi connectivity index (χ3n) is 2.51. The zero-order valence-corrected chi connectivity index (χ0v) is 7.22. The largest absolute Gasteiger partial charge is 0.466 e. The van der Waals surface area contributed by atoms with Crippen LogP contribution in [0.1, 0.15) is 19.3 Å². The zero-order chi connectivity index (χ0) is 8.72. The first-order valence-corrected chi connectivity index (χ1v) is 4.22. The van der Waals surface area contributed by atoms with E-state index < -0.39 is 0 Å². The molecule has 0 aromatic heterocycles. The summed E-state index contributed by atoms with van der Waals surface area (Å²) >= 11 is 0. The first-order chi connectivity index (χ1) is 5.74. The van der Waals surface area contributed by atoms with Crippen LogP contribution in [-0.2, 0) is 9.53 Å². The summed E-state index contributed by atoms with van der Waals surface area (Å²) in [4.78, 5) is 11.0. The second-order valence-electron chi connectivity index (χ2n) is 3.40. The molecular formula is C10H12O2. The van der Waals surface area contributed by atoms with E-state index in [0.717, 1.165) is 6.42 Å². The van der Waals surface area contributed by atoms with Gasteiger partial charge in [-0.1, -0.05) is 17.7 Å². The quantitative estimate of drug-likeness (QED) is 0.353. The predicted molar refractivity (Wildman–Crippen MR) is 45.5 cm³/mol. The molecule has 2 rings (SSSR count). The third-order valence-corrected chi connectivity index (χ3v) is 2.51. The lowest BCUT2D eigenvalue weighted by molar-refractivity contribution is -0.136. The standard InChI is InChI=1S/C10H12O2/c1-6(10(11)12-2)8-5-9(8)7-3-4-7/h8H,1,3-5H2,2H3. The molecule has 2 saturated carbocycles. The maximum absolute atomic E-state index is 11.0. The van der Waals surface area contributed by atoms with Crippen LogP contribution in [0.25, 0.3) is 0 Å². The molecule has 0 heterocycles. The minimum absolute atomic E-state index is 0.253. The van der Waals surface area contributed by atoms with Crippen LogP contribution in [0.4, 0.5) is 0 Å². The summed E-state index contributed by atoms with van der Waals surface area (Å²) in [5.74, 6) is 0.0752. The predicted octanol–water partition coefficient (Wildman–Crippen LogP) is 1.83. The van der Waals surface area contributed by atoms with Crippen LogP contribution in [-0.4, -0.2) is 13.1 Å². The van der Waals surface area contributed by atoms with Gasteiger partial charge in [-0.05, 0) is 19.3 Å². The first-order valence-electron chi connectivity index (χ1n) is 4.22. The molecule has 2 heteroatoms. The number of allylic oxidation sites excluding steroid dienone is 2. The lowest BCUT2D eigenvalue weighted by atomic mass is 10.2. The van der Waals surface area contributed by atoms with Crippen LogP contribution in [0, 0.1) is 5.92 Å². The highest BCUT2D eigenvalue weighted by atomic mass is 16.5. The van der Waals surface area contributed by atoms with Crippen molar-refractivity contribution in [1.82, 2.24) is 0 Å². The fraction of sp³-hybridized carbons (Fsp3) is 0.500. The van der Waals surface area contributed by atoms with Crippen molar-refractivity contribution in [3.8, 4) is 0 Å². The topological polar surface area (TPSA) is 26.3 Å². The van der Waals surface area contributed by atoms with Crippen molar-refractivity contribution in [1.29, 1.82) is 0 Å². The van der Waals surface area contributed by atoms with E-state index >= 15 is 0 Å². The van der Waals surface area contributed by atoms with E-state index in [1.165, 1.54) is 25.5 Å². The summed E-state index contributed by atoms with van der Waals surface area (Å²) in [5, 5.41) is 0. The number of methoxy groups -OCH3 is 1. The average Bonchev–Trinajstić information content (AvgIpc) is 2.84. The molecular weight excluding hydrogens is 152 g/mol. The van der Waals surface area contributed by atoms with Gasteiger partial charge < -0.3 is 4.74 Å². The Morgan fingerprint density at radius 1 is 1.58 bits per heavy atom. The van der Waals surface area contributed by atoms with Gasteiger partial charge in [0.15, 0.2) is 0 Å².